The summed E-state index contributed by atoms with van der Waals surface area (Å²) < 4.78 is 3.65. The van der Waals surface area contributed by atoms with Gasteiger partial charge in [-0.15, -0.1) is 10.2 Å². The van der Waals surface area contributed by atoms with E-state index in [0.29, 0.717) is 28.6 Å². The van der Waals surface area contributed by atoms with Crippen molar-refractivity contribution in [3.63, 3.8) is 0 Å². The van der Waals surface area contributed by atoms with Gasteiger partial charge in [0, 0.05) is 12.6 Å². The van der Waals surface area contributed by atoms with Gasteiger partial charge in [-0.3, -0.25) is 18.6 Å². The van der Waals surface area contributed by atoms with Crippen molar-refractivity contribution in [3.8, 4) is 0 Å². The van der Waals surface area contributed by atoms with Crippen molar-refractivity contribution in [2.45, 2.75) is 82.5 Å². The van der Waals surface area contributed by atoms with Crippen molar-refractivity contribution in [2.24, 2.45) is 0 Å². The first-order valence-electron chi connectivity index (χ1n) is 11.5. The van der Waals surface area contributed by atoms with E-state index in [1.807, 2.05) is 28.7 Å². The molecule has 1 aliphatic rings. The number of carbonyl (C=O) groups excluding carboxylic acids is 1. The van der Waals surface area contributed by atoms with E-state index in [9.17, 15) is 9.59 Å². The van der Waals surface area contributed by atoms with E-state index in [0.717, 1.165) is 37.6 Å². The number of para-hydroxylation sites is 1. The summed E-state index contributed by atoms with van der Waals surface area (Å²) in [6.07, 6.45) is 10.1. The molecular formula is C23H31N5O2S. The van der Waals surface area contributed by atoms with E-state index in [1.54, 1.807) is 4.57 Å². The van der Waals surface area contributed by atoms with Crippen LogP contribution in [-0.2, 0) is 11.3 Å². The Hall–Kier alpha value is -2.35. The van der Waals surface area contributed by atoms with Crippen LogP contribution in [0.3, 0.4) is 0 Å². The molecule has 1 saturated carbocycles. The minimum Gasteiger partial charge on any atom is -0.353 e. The molecular weight excluding hydrogens is 410 g/mol. The predicted molar refractivity (Wildman–Crippen MR) is 125 cm³/mol. The zero-order chi connectivity index (χ0) is 21.6. The fourth-order valence-electron chi connectivity index (χ4n) is 4.37. The summed E-state index contributed by atoms with van der Waals surface area (Å²) in [6, 6.07) is 7.84. The standard InChI is InChI=1S/C23H31N5O2S/c1-2-3-10-15-27-21(30)18-13-8-9-14-19(18)28-22(27)25-26-23(28)31-16-20(29)24-17-11-6-4-5-7-12-17/h8-9,13-14,17H,2-7,10-12,15-16H2,1H3,(H,24,29). The Morgan fingerprint density at radius 2 is 1.90 bits per heavy atom. The average molecular weight is 442 g/mol. The third-order valence-corrected chi connectivity index (χ3v) is 6.95. The van der Waals surface area contributed by atoms with Gasteiger partial charge in [-0.05, 0) is 31.4 Å². The number of aryl methyl sites for hydroxylation is 1. The van der Waals surface area contributed by atoms with E-state index in [-0.39, 0.29) is 17.5 Å². The summed E-state index contributed by atoms with van der Waals surface area (Å²) >= 11 is 1.38. The minimum absolute atomic E-state index is 0.0331. The van der Waals surface area contributed by atoms with Gasteiger partial charge in [-0.25, -0.2) is 0 Å². The fourth-order valence-corrected chi connectivity index (χ4v) is 5.12. The molecule has 166 valence electrons. The Labute approximate surface area is 186 Å². The monoisotopic (exact) mass is 441 g/mol. The fraction of sp³-hybridized carbons (Fsp3) is 0.565. The van der Waals surface area contributed by atoms with E-state index in [1.165, 1.54) is 37.4 Å². The van der Waals surface area contributed by atoms with Crippen LogP contribution >= 0.6 is 11.8 Å². The SMILES string of the molecule is CCCCCn1c(=O)c2ccccc2n2c(SCC(=O)NC3CCCCCC3)nnc12. The molecule has 4 rings (SSSR count). The molecule has 0 unspecified atom stereocenters. The van der Waals surface area contributed by atoms with Crippen molar-refractivity contribution in [1.29, 1.82) is 0 Å². The third-order valence-electron chi connectivity index (χ3n) is 6.02. The van der Waals surface area contributed by atoms with Crippen LogP contribution in [0.2, 0.25) is 0 Å². The van der Waals surface area contributed by atoms with Crippen molar-refractivity contribution < 1.29 is 4.79 Å². The molecule has 2 heterocycles. The van der Waals surface area contributed by atoms with Crippen LogP contribution in [0.5, 0.6) is 0 Å². The van der Waals surface area contributed by atoms with Gasteiger partial charge in [0.05, 0.1) is 16.7 Å². The predicted octanol–water partition coefficient (Wildman–Crippen LogP) is 4.17. The van der Waals surface area contributed by atoms with Crippen LogP contribution in [0.15, 0.2) is 34.2 Å². The van der Waals surface area contributed by atoms with Gasteiger partial charge < -0.3 is 5.32 Å². The Morgan fingerprint density at radius 3 is 2.68 bits per heavy atom. The van der Waals surface area contributed by atoms with Crippen molar-refractivity contribution in [1.82, 2.24) is 24.5 Å². The largest absolute Gasteiger partial charge is 0.353 e. The number of aromatic nitrogens is 4. The summed E-state index contributed by atoms with van der Waals surface area (Å²) in [6.45, 7) is 2.76. The molecule has 7 nitrogen and oxygen atoms in total. The van der Waals surface area contributed by atoms with Gasteiger partial charge in [0.15, 0.2) is 5.16 Å². The molecule has 31 heavy (non-hydrogen) atoms. The molecule has 1 aliphatic carbocycles. The lowest BCUT2D eigenvalue weighted by Gasteiger charge is -2.16. The number of carbonyl (C=O) groups is 1. The number of fused-ring (bicyclic) bond motifs is 3. The van der Waals surface area contributed by atoms with Crippen LogP contribution in [0.1, 0.15) is 64.7 Å². The smallest absolute Gasteiger partial charge is 0.262 e. The molecule has 0 aliphatic heterocycles. The molecule has 3 aromatic rings. The van der Waals surface area contributed by atoms with E-state index in [4.69, 9.17) is 0 Å². The van der Waals surface area contributed by atoms with Crippen molar-refractivity contribution in [2.75, 3.05) is 5.75 Å². The maximum absolute atomic E-state index is 13.1. The van der Waals surface area contributed by atoms with Crippen LogP contribution in [0, 0.1) is 0 Å². The molecule has 1 fully saturated rings. The van der Waals surface area contributed by atoms with Gasteiger partial charge >= 0.3 is 0 Å². The highest BCUT2D eigenvalue weighted by molar-refractivity contribution is 7.99. The van der Waals surface area contributed by atoms with Gasteiger partial charge in [-0.1, -0.05) is 69.3 Å². The second-order valence-corrected chi connectivity index (χ2v) is 9.29. The summed E-state index contributed by atoms with van der Waals surface area (Å²) in [5.41, 5.74) is 0.750. The summed E-state index contributed by atoms with van der Waals surface area (Å²) in [5.74, 6) is 0.876. The number of benzene rings is 1. The number of nitrogens with one attached hydrogen (secondary N) is 1. The Balaban J connectivity index is 1.58. The number of rotatable bonds is 8. The Bertz CT molecular complexity index is 1100. The van der Waals surface area contributed by atoms with Gasteiger partial charge in [0.1, 0.15) is 0 Å². The van der Waals surface area contributed by atoms with Crippen molar-refractivity contribution >= 4 is 34.3 Å². The first-order chi connectivity index (χ1) is 15.2. The second kappa shape index (κ2) is 10.3. The maximum Gasteiger partial charge on any atom is 0.262 e. The lowest BCUT2D eigenvalue weighted by atomic mass is 10.1. The number of thioether (sulfide) groups is 1. The molecule has 0 radical (unpaired) electrons. The number of amides is 1. The molecule has 0 atom stereocenters. The van der Waals surface area contributed by atoms with Gasteiger partial charge in [0.25, 0.3) is 5.56 Å². The normalized spacial score (nSPS) is 15.4. The van der Waals surface area contributed by atoms with E-state index < -0.39 is 0 Å². The average Bonchev–Trinajstić information content (AvgIpc) is 3.03. The molecule has 0 bridgehead atoms. The summed E-state index contributed by atoms with van der Waals surface area (Å²) in [5, 5.41) is 13.2. The lowest BCUT2D eigenvalue weighted by molar-refractivity contribution is -0.119. The highest BCUT2D eigenvalue weighted by Gasteiger charge is 2.19. The van der Waals surface area contributed by atoms with E-state index in [2.05, 4.69) is 22.4 Å². The summed E-state index contributed by atoms with van der Waals surface area (Å²) in [4.78, 5) is 25.6. The van der Waals surface area contributed by atoms with E-state index >= 15 is 0 Å². The molecule has 1 N–H and O–H groups in total. The Morgan fingerprint density at radius 1 is 1.13 bits per heavy atom. The highest BCUT2D eigenvalue weighted by Crippen LogP contribution is 2.22. The highest BCUT2D eigenvalue weighted by atomic mass is 32.2. The molecule has 0 spiro atoms. The van der Waals surface area contributed by atoms with Crippen molar-refractivity contribution in [3.05, 3.63) is 34.6 Å². The molecule has 1 aromatic carbocycles. The number of hydrogen-bond acceptors (Lipinski definition) is 5. The number of hydrogen-bond donors (Lipinski definition) is 1. The first-order valence-corrected chi connectivity index (χ1v) is 12.5. The zero-order valence-electron chi connectivity index (χ0n) is 18.2. The number of nitrogens with zero attached hydrogens (tertiary/aromatic N) is 4. The quantitative estimate of drug-likeness (QED) is 0.322. The van der Waals surface area contributed by atoms with Crippen LogP contribution < -0.4 is 10.9 Å². The Kier molecular flexibility index (Phi) is 7.27. The lowest BCUT2D eigenvalue weighted by Crippen LogP contribution is -2.35. The van der Waals surface area contributed by atoms with Crippen LogP contribution in [-0.4, -0.2) is 36.9 Å². The molecule has 8 heteroatoms. The van der Waals surface area contributed by atoms with Crippen LogP contribution in [0.25, 0.3) is 16.7 Å². The van der Waals surface area contributed by atoms with Gasteiger partial charge in [-0.2, -0.15) is 0 Å². The molecule has 2 aromatic heterocycles. The number of unbranched alkanes of at least 4 members (excludes halogenated alkanes) is 2. The zero-order valence-corrected chi connectivity index (χ0v) is 19.0. The maximum atomic E-state index is 13.1. The summed E-state index contributed by atoms with van der Waals surface area (Å²) in [7, 11) is 0. The molecule has 0 saturated heterocycles. The minimum atomic E-state index is -0.0331. The first kappa shape index (κ1) is 21.9. The second-order valence-electron chi connectivity index (χ2n) is 8.34. The third kappa shape index (κ3) is 4.95. The van der Waals surface area contributed by atoms with Crippen LogP contribution in [0.4, 0.5) is 0 Å². The molecule has 1 amide bonds. The topological polar surface area (TPSA) is 81.3 Å². The van der Waals surface area contributed by atoms with Gasteiger partial charge in [0.2, 0.25) is 11.7 Å².